The van der Waals surface area contributed by atoms with Gasteiger partial charge in [0, 0.05) is 6.42 Å². The van der Waals surface area contributed by atoms with Gasteiger partial charge in [-0.3, -0.25) is 9.59 Å². The van der Waals surface area contributed by atoms with E-state index in [9.17, 15) is 9.59 Å². The zero-order chi connectivity index (χ0) is 11.1. The summed E-state index contributed by atoms with van der Waals surface area (Å²) < 4.78 is 4.64. The first-order chi connectivity index (χ1) is 6.58. The van der Waals surface area contributed by atoms with Crippen molar-refractivity contribution in [2.75, 3.05) is 7.11 Å². The number of ether oxygens (including phenoxy) is 1. The van der Waals surface area contributed by atoms with Crippen LogP contribution in [0.2, 0.25) is 0 Å². The summed E-state index contributed by atoms with van der Waals surface area (Å²) in [5.41, 5.74) is 0. The standard InChI is InChI=1S/C11H20O3/c1-5-7-9(12)10(8(3)6-2)11(13)14-4/h8,10H,5-7H2,1-4H3. The van der Waals surface area contributed by atoms with E-state index in [-0.39, 0.29) is 11.7 Å². The molecule has 0 saturated carbocycles. The molecular formula is C11H20O3. The summed E-state index contributed by atoms with van der Waals surface area (Å²) in [6, 6.07) is 0. The number of rotatable bonds is 6. The molecule has 2 unspecified atom stereocenters. The van der Waals surface area contributed by atoms with Gasteiger partial charge in [-0.2, -0.15) is 0 Å². The van der Waals surface area contributed by atoms with Crippen LogP contribution in [-0.4, -0.2) is 18.9 Å². The zero-order valence-electron chi connectivity index (χ0n) is 9.50. The molecule has 0 aliphatic carbocycles. The normalized spacial score (nSPS) is 14.6. The topological polar surface area (TPSA) is 43.4 Å². The van der Waals surface area contributed by atoms with Gasteiger partial charge < -0.3 is 4.74 Å². The molecule has 14 heavy (non-hydrogen) atoms. The van der Waals surface area contributed by atoms with Gasteiger partial charge >= 0.3 is 5.97 Å². The number of ketones is 1. The predicted octanol–water partition coefficient (Wildman–Crippen LogP) is 2.19. The highest BCUT2D eigenvalue weighted by molar-refractivity contribution is 5.99. The number of Topliss-reactive ketones (excluding diaryl/α,β-unsaturated/α-hetero) is 1. The highest BCUT2D eigenvalue weighted by atomic mass is 16.5. The van der Waals surface area contributed by atoms with Gasteiger partial charge in [-0.05, 0) is 12.3 Å². The van der Waals surface area contributed by atoms with Gasteiger partial charge in [0.25, 0.3) is 0 Å². The van der Waals surface area contributed by atoms with Crippen LogP contribution in [0.1, 0.15) is 40.0 Å². The van der Waals surface area contributed by atoms with Gasteiger partial charge in [-0.1, -0.05) is 27.2 Å². The Hall–Kier alpha value is -0.860. The Morgan fingerprint density at radius 1 is 1.29 bits per heavy atom. The Morgan fingerprint density at radius 3 is 2.21 bits per heavy atom. The number of esters is 1. The summed E-state index contributed by atoms with van der Waals surface area (Å²) in [6.45, 7) is 5.82. The Labute approximate surface area is 85.8 Å². The molecule has 0 aliphatic heterocycles. The van der Waals surface area contributed by atoms with E-state index in [0.29, 0.717) is 6.42 Å². The SMILES string of the molecule is CCCC(=O)C(C(=O)OC)C(C)CC. The maximum absolute atomic E-state index is 11.6. The van der Waals surface area contributed by atoms with Crippen molar-refractivity contribution >= 4 is 11.8 Å². The third-order valence-corrected chi connectivity index (χ3v) is 2.51. The molecule has 3 heteroatoms. The van der Waals surface area contributed by atoms with Gasteiger partial charge in [0.2, 0.25) is 0 Å². The maximum atomic E-state index is 11.6. The van der Waals surface area contributed by atoms with Crippen LogP contribution in [0.4, 0.5) is 0 Å². The molecule has 3 nitrogen and oxygen atoms in total. The Morgan fingerprint density at radius 2 is 1.86 bits per heavy atom. The minimum absolute atomic E-state index is 0.00806. The highest BCUT2D eigenvalue weighted by Gasteiger charge is 2.30. The second kappa shape index (κ2) is 6.57. The molecule has 0 aromatic carbocycles. The second-order valence-corrected chi connectivity index (χ2v) is 3.60. The fourth-order valence-electron chi connectivity index (χ4n) is 1.45. The molecule has 0 aromatic rings. The van der Waals surface area contributed by atoms with Crippen LogP contribution in [0.5, 0.6) is 0 Å². The van der Waals surface area contributed by atoms with Crippen LogP contribution >= 0.6 is 0 Å². The summed E-state index contributed by atoms with van der Waals surface area (Å²) in [7, 11) is 1.33. The van der Waals surface area contributed by atoms with Crippen LogP contribution in [0.25, 0.3) is 0 Å². The largest absolute Gasteiger partial charge is 0.468 e. The number of methoxy groups -OCH3 is 1. The monoisotopic (exact) mass is 200 g/mol. The van der Waals surface area contributed by atoms with Crippen LogP contribution < -0.4 is 0 Å². The quantitative estimate of drug-likeness (QED) is 0.487. The summed E-state index contributed by atoms with van der Waals surface area (Å²) in [5.74, 6) is -0.877. The van der Waals surface area contributed by atoms with Gasteiger partial charge in [0.1, 0.15) is 11.7 Å². The van der Waals surface area contributed by atoms with Crippen molar-refractivity contribution in [1.29, 1.82) is 0 Å². The van der Waals surface area contributed by atoms with E-state index in [1.54, 1.807) is 0 Å². The molecule has 0 spiro atoms. The van der Waals surface area contributed by atoms with Crippen molar-refractivity contribution in [3.8, 4) is 0 Å². The van der Waals surface area contributed by atoms with E-state index in [0.717, 1.165) is 12.8 Å². The number of carbonyl (C=O) groups is 2. The number of carbonyl (C=O) groups excluding carboxylic acids is 2. The van der Waals surface area contributed by atoms with Crippen LogP contribution in [0, 0.1) is 11.8 Å². The van der Waals surface area contributed by atoms with Crippen molar-refractivity contribution in [2.24, 2.45) is 11.8 Å². The van der Waals surface area contributed by atoms with Gasteiger partial charge in [0.05, 0.1) is 7.11 Å². The summed E-state index contributed by atoms with van der Waals surface area (Å²) in [5, 5.41) is 0. The minimum Gasteiger partial charge on any atom is -0.468 e. The smallest absolute Gasteiger partial charge is 0.316 e. The Kier molecular flexibility index (Phi) is 6.17. The summed E-state index contributed by atoms with van der Waals surface area (Å²) >= 11 is 0. The lowest BCUT2D eigenvalue weighted by atomic mass is 9.86. The van der Waals surface area contributed by atoms with E-state index >= 15 is 0 Å². The zero-order valence-corrected chi connectivity index (χ0v) is 9.50. The van der Waals surface area contributed by atoms with E-state index < -0.39 is 11.9 Å². The van der Waals surface area contributed by atoms with Crippen molar-refractivity contribution in [3.05, 3.63) is 0 Å². The highest BCUT2D eigenvalue weighted by Crippen LogP contribution is 2.19. The molecule has 82 valence electrons. The van der Waals surface area contributed by atoms with E-state index in [1.807, 2.05) is 20.8 Å². The summed E-state index contributed by atoms with van der Waals surface area (Å²) in [4.78, 5) is 23.0. The first kappa shape index (κ1) is 13.1. The van der Waals surface area contributed by atoms with Crippen molar-refractivity contribution in [1.82, 2.24) is 0 Å². The molecule has 0 rings (SSSR count). The van der Waals surface area contributed by atoms with E-state index in [1.165, 1.54) is 7.11 Å². The van der Waals surface area contributed by atoms with Crippen molar-refractivity contribution < 1.29 is 14.3 Å². The predicted molar refractivity (Wildman–Crippen MR) is 54.9 cm³/mol. The summed E-state index contributed by atoms with van der Waals surface area (Å²) in [6.07, 6.45) is 2.06. The third kappa shape index (κ3) is 3.48. The fourth-order valence-corrected chi connectivity index (χ4v) is 1.45. The Balaban J connectivity index is 4.54. The van der Waals surface area contributed by atoms with Crippen LogP contribution in [-0.2, 0) is 14.3 Å². The van der Waals surface area contributed by atoms with Crippen molar-refractivity contribution in [3.63, 3.8) is 0 Å². The lowest BCUT2D eigenvalue weighted by molar-refractivity contribution is -0.151. The molecule has 0 amide bonds. The van der Waals surface area contributed by atoms with Gasteiger partial charge in [-0.25, -0.2) is 0 Å². The molecule has 0 fully saturated rings. The molecule has 0 saturated heterocycles. The first-order valence-electron chi connectivity index (χ1n) is 5.18. The second-order valence-electron chi connectivity index (χ2n) is 3.60. The average molecular weight is 200 g/mol. The molecule has 0 heterocycles. The van der Waals surface area contributed by atoms with E-state index in [4.69, 9.17) is 0 Å². The molecule has 0 aromatic heterocycles. The minimum atomic E-state index is -0.565. The van der Waals surface area contributed by atoms with Gasteiger partial charge in [-0.15, -0.1) is 0 Å². The third-order valence-electron chi connectivity index (χ3n) is 2.51. The molecule has 0 radical (unpaired) electrons. The lowest BCUT2D eigenvalue weighted by Gasteiger charge is -2.18. The van der Waals surface area contributed by atoms with Crippen LogP contribution in [0.15, 0.2) is 0 Å². The molecule has 0 N–H and O–H groups in total. The van der Waals surface area contributed by atoms with Gasteiger partial charge in [0.15, 0.2) is 0 Å². The molecular weight excluding hydrogens is 180 g/mol. The van der Waals surface area contributed by atoms with Crippen LogP contribution in [0.3, 0.4) is 0 Å². The fraction of sp³-hybridized carbons (Fsp3) is 0.818. The molecule has 0 aliphatic rings. The maximum Gasteiger partial charge on any atom is 0.316 e. The first-order valence-corrected chi connectivity index (χ1v) is 5.18. The number of hydrogen-bond acceptors (Lipinski definition) is 3. The van der Waals surface area contributed by atoms with Crippen molar-refractivity contribution in [2.45, 2.75) is 40.0 Å². The molecule has 2 atom stereocenters. The van der Waals surface area contributed by atoms with E-state index in [2.05, 4.69) is 4.74 Å². The molecule has 0 bridgehead atoms. The lowest BCUT2D eigenvalue weighted by Crippen LogP contribution is -2.30. The Bertz CT molecular complexity index is 199. The number of hydrogen-bond donors (Lipinski definition) is 0. The average Bonchev–Trinajstić information content (AvgIpc) is 2.17.